The first kappa shape index (κ1) is 20.8. The first-order chi connectivity index (χ1) is 12.8. The van der Waals surface area contributed by atoms with Crippen LogP contribution in [0.1, 0.15) is 31.9 Å². The van der Waals surface area contributed by atoms with E-state index in [9.17, 15) is 8.42 Å². The maximum Gasteiger partial charge on any atom is 0.229 e. The van der Waals surface area contributed by atoms with Crippen molar-refractivity contribution in [3.63, 3.8) is 0 Å². The summed E-state index contributed by atoms with van der Waals surface area (Å²) in [4.78, 5) is 2.32. The van der Waals surface area contributed by atoms with Crippen molar-refractivity contribution in [2.45, 2.75) is 27.3 Å². The van der Waals surface area contributed by atoms with Gasteiger partial charge in [0.25, 0.3) is 0 Å². The van der Waals surface area contributed by atoms with Crippen LogP contribution in [0, 0.1) is 0 Å². The molecule has 2 aromatic rings. The van der Waals surface area contributed by atoms with Gasteiger partial charge in [0.1, 0.15) is 0 Å². The van der Waals surface area contributed by atoms with Crippen LogP contribution >= 0.6 is 0 Å². The first-order valence-electron chi connectivity index (χ1n) is 9.01. The second kappa shape index (κ2) is 9.42. The number of nitrogens with one attached hydrogen (secondary N) is 1. The molecule has 0 unspecified atom stereocenters. The lowest BCUT2D eigenvalue weighted by Crippen LogP contribution is -2.20. The largest absolute Gasteiger partial charge is 0.371 e. The monoisotopic (exact) mass is 384 g/mol. The van der Waals surface area contributed by atoms with Crippen LogP contribution in [0.15, 0.2) is 72.4 Å². The third-order valence-electron chi connectivity index (χ3n) is 4.29. The van der Waals surface area contributed by atoms with Gasteiger partial charge in [0, 0.05) is 24.5 Å². The summed E-state index contributed by atoms with van der Waals surface area (Å²) in [6, 6.07) is 17.8. The van der Waals surface area contributed by atoms with E-state index in [1.807, 2.05) is 31.2 Å². The minimum Gasteiger partial charge on any atom is -0.371 e. The Hall–Kier alpha value is -2.53. The number of hydrogen-bond donors (Lipinski definition) is 1. The summed E-state index contributed by atoms with van der Waals surface area (Å²) >= 11 is 0. The normalized spacial score (nSPS) is 12.7. The molecule has 0 saturated heterocycles. The van der Waals surface area contributed by atoms with Crippen LogP contribution < -0.4 is 4.72 Å². The van der Waals surface area contributed by atoms with Crippen molar-refractivity contribution in [2.75, 3.05) is 17.5 Å². The quantitative estimate of drug-likeness (QED) is 0.660. The number of allylic oxidation sites excluding steroid dienone is 4. The van der Waals surface area contributed by atoms with Gasteiger partial charge >= 0.3 is 0 Å². The minimum atomic E-state index is -3.28. The molecule has 5 heteroatoms. The molecule has 1 N–H and O–H groups in total. The van der Waals surface area contributed by atoms with E-state index in [4.69, 9.17) is 0 Å². The summed E-state index contributed by atoms with van der Waals surface area (Å²) in [7, 11) is -3.28. The Morgan fingerprint density at radius 2 is 1.74 bits per heavy atom. The number of rotatable bonds is 8. The van der Waals surface area contributed by atoms with Crippen LogP contribution in [0.4, 0.5) is 5.69 Å². The Morgan fingerprint density at radius 3 is 2.37 bits per heavy atom. The molecule has 0 aromatic heterocycles. The van der Waals surface area contributed by atoms with Crippen molar-refractivity contribution < 1.29 is 8.42 Å². The van der Waals surface area contributed by atoms with E-state index in [-0.39, 0.29) is 0 Å². The average Bonchev–Trinajstić information content (AvgIpc) is 2.63. The highest BCUT2D eigenvalue weighted by molar-refractivity contribution is 7.92. The van der Waals surface area contributed by atoms with E-state index in [2.05, 4.69) is 59.9 Å². The van der Waals surface area contributed by atoms with Gasteiger partial charge in [-0.1, -0.05) is 48.5 Å². The van der Waals surface area contributed by atoms with Crippen molar-refractivity contribution >= 4 is 21.3 Å². The van der Waals surface area contributed by atoms with E-state index >= 15 is 0 Å². The first-order valence-corrected chi connectivity index (χ1v) is 10.9. The van der Waals surface area contributed by atoms with Gasteiger partial charge < -0.3 is 4.90 Å². The van der Waals surface area contributed by atoms with Gasteiger partial charge in [-0.2, -0.15) is 0 Å². The number of hydrogen-bond acceptors (Lipinski definition) is 3. The van der Waals surface area contributed by atoms with E-state index < -0.39 is 10.0 Å². The molecule has 4 nitrogen and oxygen atoms in total. The molecule has 144 valence electrons. The minimum absolute atomic E-state index is 0.572. The lowest BCUT2D eigenvalue weighted by molar-refractivity contribution is 0.356. The summed E-state index contributed by atoms with van der Waals surface area (Å²) in [5, 5.41) is 0. The number of benzene rings is 2. The SMILES string of the molecule is CCN(Cc1ccccc1)/C(C)=C/C=C(\C)c1cccc(NS(C)(=O)=O)c1. The Bertz CT molecular complexity index is 916. The predicted molar refractivity (Wildman–Crippen MR) is 115 cm³/mol. The number of nitrogens with zero attached hydrogens (tertiary/aromatic N) is 1. The molecule has 0 atom stereocenters. The van der Waals surface area contributed by atoms with Gasteiger partial charge in [0.05, 0.1) is 6.26 Å². The molecule has 0 aliphatic carbocycles. The molecule has 27 heavy (non-hydrogen) atoms. The Morgan fingerprint density at radius 1 is 1.04 bits per heavy atom. The summed E-state index contributed by atoms with van der Waals surface area (Å²) in [6.07, 6.45) is 5.33. The fourth-order valence-corrected chi connectivity index (χ4v) is 3.33. The molecule has 0 aliphatic heterocycles. The summed E-state index contributed by atoms with van der Waals surface area (Å²) in [6.45, 7) is 8.09. The van der Waals surface area contributed by atoms with Crippen LogP contribution in [0.3, 0.4) is 0 Å². The van der Waals surface area contributed by atoms with E-state index in [0.29, 0.717) is 5.69 Å². The standard InChI is InChI=1S/C22H28N2O2S/c1-5-24(17-20-10-7-6-8-11-20)19(3)15-14-18(2)21-12-9-13-22(16-21)23-27(4,25)26/h6-16,23H,5,17H2,1-4H3/b18-14+,19-15+. The van der Waals surface area contributed by atoms with Crippen molar-refractivity contribution in [1.82, 2.24) is 4.90 Å². The van der Waals surface area contributed by atoms with Gasteiger partial charge in [-0.15, -0.1) is 0 Å². The summed E-state index contributed by atoms with van der Waals surface area (Å²) < 4.78 is 25.3. The fraction of sp³-hybridized carbons (Fsp3) is 0.273. The third kappa shape index (κ3) is 6.94. The molecule has 0 fully saturated rings. The second-order valence-electron chi connectivity index (χ2n) is 6.61. The Labute approximate surface area is 163 Å². The van der Waals surface area contributed by atoms with Gasteiger partial charge in [-0.25, -0.2) is 8.42 Å². The molecule has 0 aliphatic rings. The highest BCUT2D eigenvalue weighted by atomic mass is 32.2. The lowest BCUT2D eigenvalue weighted by Gasteiger charge is -2.23. The highest BCUT2D eigenvalue weighted by Gasteiger charge is 2.05. The van der Waals surface area contributed by atoms with Crippen molar-refractivity contribution in [3.8, 4) is 0 Å². The number of anilines is 1. The van der Waals surface area contributed by atoms with Crippen LogP contribution in [-0.4, -0.2) is 26.1 Å². The topological polar surface area (TPSA) is 49.4 Å². The maximum absolute atomic E-state index is 11.4. The van der Waals surface area contributed by atoms with Gasteiger partial charge in [0.15, 0.2) is 0 Å². The van der Waals surface area contributed by atoms with Gasteiger partial charge in [0.2, 0.25) is 10.0 Å². The second-order valence-corrected chi connectivity index (χ2v) is 8.36. The molecule has 0 bridgehead atoms. The Balaban J connectivity index is 2.15. The van der Waals surface area contributed by atoms with E-state index in [1.165, 1.54) is 11.3 Å². The van der Waals surface area contributed by atoms with Gasteiger partial charge in [-0.05, 0) is 55.7 Å². The van der Waals surface area contributed by atoms with Crippen molar-refractivity contribution in [1.29, 1.82) is 0 Å². The molecular formula is C22H28N2O2S. The van der Waals surface area contributed by atoms with E-state index in [1.54, 1.807) is 6.07 Å². The van der Waals surface area contributed by atoms with Crippen LogP contribution in [0.2, 0.25) is 0 Å². The number of sulfonamides is 1. The summed E-state index contributed by atoms with van der Waals surface area (Å²) in [5.41, 5.74) is 5.10. The van der Waals surface area contributed by atoms with Crippen molar-refractivity contribution in [2.24, 2.45) is 0 Å². The van der Waals surface area contributed by atoms with Crippen LogP contribution in [-0.2, 0) is 16.6 Å². The predicted octanol–water partition coefficient (Wildman–Crippen LogP) is 4.89. The van der Waals surface area contributed by atoms with Crippen LogP contribution in [0.5, 0.6) is 0 Å². The third-order valence-corrected chi connectivity index (χ3v) is 4.90. The fourth-order valence-electron chi connectivity index (χ4n) is 2.78. The molecular weight excluding hydrogens is 356 g/mol. The zero-order valence-corrected chi connectivity index (χ0v) is 17.3. The van der Waals surface area contributed by atoms with Crippen LogP contribution in [0.25, 0.3) is 5.57 Å². The maximum atomic E-state index is 11.4. The van der Waals surface area contributed by atoms with E-state index in [0.717, 1.165) is 30.5 Å². The average molecular weight is 385 g/mol. The smallest absolute Gasteiger partial charge is 0.229 e. The molecule has 0 spiro atoms. The molecule has 2 rings (SSSR count). The zero-order chi connectivity index (χ0) is 19.9. The highest BCUT2D eigenvalue weighted by Crippen LogP contribution is 2.20. The van der Waals surface area contributed by atoms with Gasteiger partial charge in [-0.3, -0.25) is 4.72 Å². The molecule has 2 aromatic carbocycles. The zero-order valence-electron chi connectivity index (χ0n) is 16.4. The molecule has 0 saturated carbocycles. The molecule has 0 heterocycles. The van der Waals surface area contributed by atoms with Crippen molar-refractivity contribution in [3.05, 3.63) is 83.6 Å². The molecule has 0 amide bonds. The lowest BCUT2D eigenvalue weighted by atomic mass is 10.1. The Kier molecular flexibility index (Phi) is 7.25. The summed E-state index contributed by atoms with van der Waals surface area (Å²) in [5.74, 6) is 0. The molecule has 0 radical (unpaired) electrons.